The summed E-state index contributed by atoms with van der Waals surface area (Å²) in [5.74, 6) is -0.250. The van der Waals surface area contributed by atoms with Crippen molar-refractivity contribution in [2.45, 2.75) is 38.5 Å². The Hall–Kier alpha value is -3.35. The van der Waals surface area contributed by atoms with Crippen molar-refractivity contribution in [3.63, 3.8) is 0 Å². The van der Waals surface area contributed by atoms with E-state index in [-0.39, 0.29) is 12.2 Å². The minimum absolute atomic E-state index is 0.0561. The van der Waals surface area contributed by atoms with Crippen molar-refractivity contribution in [1.82, 2.24) is 5.16 Å². The van der Waals surface area contributed by atoms with Crippen LogP contribution >= 0.6 is 0 Å². The smallest absolute Gasteiger partial charge is 0.303 e. The van der Waals surface area contributed by atoms with Crippen LogP contribution in [-0.2, 0) is 4.79 Å². The lowest BCUT2D eigenvalue weighted by Gasteiger charge is -2.26. The number of carbonyl (C=O) groups is 2. The van der Waals surface area contributed by atoms with E-state index in [4.69, 9.17) is 9.63 Å². The molecule has 0 atom stereocenters. The Balaban J connectivity index is 1.65. The molecule has 1 aliphatic heterocycles. The second-order valence-electron chi connectivity index (χ2n) is 8.25. The molecule has 0 bridgehead atoms. The van der Waals surface area contributed by atoms with Crippen LogP contribution in [-0.4, -0.2) is 41.7 Å². The molecule has 3 aromatic rings. The third kappa shape index (κ3) is 3.44. The number of hydrogen-bond donors (Lipinski definition) is 2. The maximum Gasteiger partial charge on any atom is 0.303 e. The molecule has 7 nitrogen and oxygen atoms in total. The Morgan fingerprint density at radius 1 is 1.13 bits per heavy atom. The van der Waals surface area contributed by atoms with Gasteiger partial charge in [0.2, 0.25) is 0 Å². The quantitative estimate of drug-likeness (QED) is 0.438. The number of hydrogen-bond acceptors (Lipinski definition) is 6. The number of benzene rings is 2. The number of aliphatic carboxylic acids is 1. The number of fused-ring (bicyclic) bond motifs is 2. The number of carboxylic acids is 1. The van der Waals surface area contributed by atoms with Gasteiger partial charge in [0.15, 0.2) is 11.5 Å². The predicted molar refractivity (Wildman–Crippen MR) is 119 cm³/mol. The highest BCUT2D eigenvalue weighted by molar-refractivity contribution is 6.28. The fourth-order valence-corrected chi connectivity index (χ4v) is 4.70. The number of anilines is 2. The number of nitrogens with zero attached hydrogens (tertiary/aromatic N) is 2. The van der Waals surface area contributed by atoms with E-state index in [0.29, 0.717) is 29.9 Å². The van der Waals surface area contributed by atoms with E-state index >= 15 is 0 Å². The molecule has 2 heterocycles. The molecule has 0 saturated carbocycles. The number of carbonyl (C=O) groups excluding carboxylic acids is 1. The molecule has 1 saturated heterocycles. The first kappa shape index (κ1) is 19.6. The van der Waals surface area contributed by atoms with Gasteiger partial charge in [0.25, 0.3) is 0 Å². The van der Waals surface area contributed by atoms with Gasteiger partial charge in [0.1, 0.15) is 5.52 Å². The van der Waals surface area contributed by atoms with E-state index in [9.17, 15) is 9.59 Å². The van der Waals surface area contributed by atoms with Crippen molar-refractivity contribution < 1.29 is 19.2 Å². The fourth-order valence-electron chi connectivity index (χ4n) is 4.70. The minimum atomic E-state index is -0.824. The Kier molecular flexibility index (Phi) is 5.10. The summed E-state index contributed by atoms with van der Waals surface area (Å²) < 4.78 is 5.81. The van der Waals surface area contributed by atoms with Crippen molar-refractivity contribution in [3.8, 4) is 11.3 Å². The normalized spacial score (nSPS) is 15.6. The zero-order valence-corrected chi connectivity index (χ0v) is 17.3. The summed E-state index contributed by atoms with van der Waals surface area (Å²) in [5.41, 5.74) is 4.37. The number of rotatable bonds is 6. The second kappa shape index (κ2) is 8.06. The maximum atomic E-state index is 13.5. The van der Waals surface area contributed by atoms with Crippen LogP contribution in [0.4, 0.5) is 11.4 Å². The summed E-state index contributed by atoms with van der Waals surface area (Å²) in [6.45, 7) is 2.36. The Morgan fingerprint density at radius 3 is 2.61 bits per heavy atom. The molecule has 2 aromatic carbocycles. The highest BCUT2D eigenvalue weighted by Crippen LogP contribution is 2.46. The molecule has 1 aromatic heterocycles. The van der Waals surface area contributed by atoms with E-state index in [1.165, 1.54) is 12.8 Å². The van der Waals surface area contributed by atoms with Gasteiger partial charge < -0.3 is 19.8 Å². The number of ketones is 1. The summed E-state index contributed by atoms with van der Waals surface area (Å²) >= 11 is 0. The molecule has 0 amide bonds. The SMILES string of the molecule is O=C(O)CCCNc1cc(N2CCCCCC2)c2noc3c2c1C(=O)c1ccccc1-3. The first-order valence-electron chi connectivity index (χ1n) is 11.0. The van der Waals surface area contributed by atoms with Gasteiger partial charge in [-0.3, -0.25) is 9.59 Å². The largest absolute Gasteiger partial charge is 0.481 e. The van der Waals surface area contributed by atoms with Crippen LogP contribution in [0.2, 0.25) is 0 Å². The van der Waals surface area contributed by atoms with Gasteiger partial charge in [0.05, 0.1) is 16.6 Å². The first-order chi connectivity index (χ1) is 15.1. The summed E-state index contributed by atoms with van der Waals surface area (Å²) in [5, 5.41) is 17.5. The van der Waals surface area contributed by atoms with Crippen LogP contribution in [0.1, 0.15) is 54.4 Å². The van der Waals surface area contributed by atoms with E-state index in [2.05, 4.69) is 15.4 Å². The molecule has 2 N–H and O–H groups in total. The molecule has 31 heavy (non-hydrogen) atoms. The van der Waals surface area contributed by atoms with E-state index in [1.54, 1.807) is 0 Å². The number of carboxylic acid groups (broad SMARTS) is 1. The molecule has 160 valence electrons. The van der Waals surface area contributed by atoms with Crippen LogP contribution in [0.5, 0.6) is 0 Å². The third-order valence-electron chi connectivity index (χ3n) is 6.21. The molecule has 5 rings (SSSR count). The van der Waals surface area contributed by atoms with Gasteiger partial charge in [0, 0.05) is 42.9 Å². The third-order valence-corrected chi connectivity index (χ3v) is 6.21. The van der Waals surface area contributed by atoms with Crippen LogP contribution < -0.4 is 10.2 Å². The number of aromatic nitrogens is 1. The molecule has 2 aliphatic rings. The average molecular weight is 419 g/mol. The number of nitrogens with one attached hydrogen (secondary N) is 1. The molecule has 0 unspecified atom stereocenters. The Labute approximate surface area is 180 Å². The van der Waals surface area contributed by atoms with Crippen LogP contribution in [0.3, 0.4) is 0 Å². The van der Waals surface area contributed by atoms with Crippen molar-refractivity contribution in [3.05, 3.63) is 41.5 Å². The molecule has 0 radical (unpaired) electrons. The van der Waals surface area contributed by atoms with Crippen LogP contribution in [0.25, 0.3) is 22.2 Å². The van der Waals surface area contributed by atoms with Gasteiger partial charge in [-0.15, -0.1) is 0 Å². The zero-order valence-electron chi connectivity index (χ0n) is 17.3. The topological polar surface area (TPSA) is 95.7 Å². The lowest BCUT2D eigenvalue weighted by molar-refractivity contribution is -0.137. The molecular weight excluding hydrogens is 394 g/mol. The van der Waals surface area contributed by atoms with Crippen molar-refractivity contribution in [1.29, 1.82) is 0 Å². The maximum absolute atomic E-state index is 13.5. The van der Waals surface area contributed by atoms with E-state index in [0.717, 1.165) is 53.8 Å². The first-order valence-corrected chi connectivity index (χ1v) is 11.0. The predicted octanol–water partition coefficient (Wildman–Crippen LogP) is 4.70. The van der Waals surface area contributed by atoms with E-state index < -0.39 is 5.97 Å². The molecule has 1 aliphatic carbocycles. The van der Waals surface area contributed by atoms with Crippen molar-refractivity contribution in [2.24, 2.45) is 0 Å². The Morgan fingerprint density at radius 2 is 1.87 bits per heavy atom. The molecule has 7 heteroatoms. The summed E-state index contributed by atoms with van der Waals surface area (Å²) in [4.78, 5) is 26.7. The molecular formula is C24H25N3O4. The average Bonchev–Trinajstić information content (AvgIpc) is 3.03. The van der Waals surface area contributed by atoms with Crippen molar-refractivity contribution >= 4 is 34.0 Å². The van der Waals surface area contributed by atoms with Crippen LogP contribution in [0, 0.1) is 0 Å². The highest BCUT2D eigenvalue weighted by Gasteiger charge is 2.33. The van der Waals surface area contributed by atoms with Crippen LogP contribution in [0.15, 0.2) is 34.9 Å². The molecule has 1 fully saturated rings. The second-order valence-corrected chi connectivity index (χ2v) is 8.25. The fraction of sp³-hybridized carbons (Fsp3) is 0.375. The van der Waals surface area contributed by atoms with Gasteiger partial charge >= 0.3 is 5.97 Å². The van der Waals surface area contributed by atoms with Gasteiger partial charge in [-0.05, 0) is 25.3 Å². The summed E-state index contributed by atoms with van der Waals surface area (Å²) in [7, 11) is 0. The van der Waals surface area contributed by atoms with Gasteiger partial charge in [-0.2, -0.15) is 0 Å². The van der Waals surface area contributed by atoms with Gasteiger partial charge in [-0.25, -0.2) is 0 Å². The van der Waals surface area contributed by atoms with Gasteiger partial charge in [-0.1, -0.05) is 42.3 Å². The molecule has 0 spiro atoms. The summed E-state index contributed by atoms with van der Waals surface area (Å²) in [6.07, 6.45) is 5.24. The summed E-state index contributed by atoms with van der Waals surface area (Å²) in [6, 6.07) is 9.46. The van der Waals surface area contributed by atoms with Crippen molar-refractivity contribution in [2.75, 3.05) is 29.9 Å². The lowest BCUT2D eigenvalue weighted by Crippen LogP contribution is -2.25. The highest BCUT2D eigenvalue weighted by atomic mass is 16.5. The van der Waals surface area contributed by atoms with E-state index in [1.807, 2.05) is 30.3 Å². The monoisotopic (exact) mass is 419 g/mol. The lowest BCUT2D eigenvalue weighted by atomic mass is 9.86. The zero-order chi connectivity index (χ0) is 21.4. The minimum Gasteiger partial charge on any atom is -0.481 e. The standard InChI is InChI=1S/C24H25N3O4/c28-19(29)10-7-11-25-17-14-18(27-12-5-1-2-6-13-27)22-21-20(17)23(30)15-8-3-4-9-16(15)24(21)31-26-22/h3-4,8-9,14,25H,1-2,5-7,10-13H2,(H,28,29). The Bertz CT molecular complexity index is 1160.